The number of sulfonamides is 1. The summed E-state index contributed by atoms with van der Waals surface area (Å²) in [5, 5.41) is 0. The molecule has 6 heteroatoms. The van der Waals surface area contributed by atoms with Crippen LogP contribution >= 0.6 is 0 Å². The molecule has 0 fully saturated rings. The largest absolute Gasteiger partial charge is 0.494 e. The van der Waals surface area contributed by atoms with Crippen molar-refractivity contribution in [1.82, 2.24) is 9.62 Å². The van der Waals surface area contributed by atoms with E-state index in [1.54, 1.807) is 0 Å². The monoisotopic (exact) mass is 376 g/mol. The van der Waals surface area contributed by atoms with Crippen LogP contribution in [0.4, 0.5) is 0 Å². The standard InChI is InChI=1S/C20H28N2O3S/c1-5-25-19-12-10-17(11-13-19)20(22(3)4)14-21-26(23,24)15-18-9-7-6-8-16(18)2/h6-13,20-21H,5,14-15H2,1-4H3. The molecule has 1 unspecified atom stereocenters. The van der Waals surface area contributed by atoms with Gasteiger partial charge < -0.3 is 9.64 Å². The van der Waals surface area contributed by atoms with Crippen LogP contribution in [-0.4, -0.2) is 40.6 Å². The second-order valence-electron chi connectivity index (χ2n) is 6.52. The van der Waals surface area contributed by atoms with Gasteiger partial charge >= 0.3 is 0 Å². The lowest BCUT2D eigenvalue weighted by Gasteiger charge is -2.25. The van der Waals surface area contributed by atoms with Crippen molar-refractivity contribution in [2.75, 3.05) is 27.2 Å². The molecule has 1 N–H and O–H groups in total. The molecule has 0 spiro atoms. The van der Waals surface area contributed by atoms with Gasteiger partial charge in [-0.05, 0) is 56.8 Å². The summed E-state index contributed by atoms with van der Waals surface area (Å²) in [5.74, 6) is 0.803. The Balaban J connectivity index is 2.06. The van der Waals surface area contributed by atoms with Gasteiger partial charge in [0.15, 0.2) is 0 Å². The first-order chi connectivity index (χ1) is 12.3. The molecular formula is C20H28N2O3S. The van der Waals surface area contributed by atoms with Gasteiger partial charge in [0, 0.05) is 12.6 Å². The van der Waals surface area contributed by atoms with Gasteiger partial charge in [0.2, 0.25) is 10.0 Å². The number of hydrogen-bond acceptors (Lipinski definition) is 4. The number of likely N-dealkylation sites (N-methyl/N-ethyl adjacent to an activating group) is 1. The lowest BCUT2D eigenvalue weighted by Crippen LogP contribution is -2.35. The van der Waals surface area contributed by atoms with Crippen molar-refractivity contribution < 1.29 is 13.2 Å². The van der Waals surface area contributed by atoms with Crippen LogP contribution in [0.3, 0.4) is 0 Å². The second-order valence-corrected chi connectivity index (χ2v) is 8.32. The molecule has 0 saturated heterocycles. The highest BCUT2D eigenvalue weighted by Gasteiger charge is 2.19. The Hall–Kier alpha value is -1.89. The third-order valence-corrected chi connectivity index (χ3v) is 5.60. The summed E-state index contributed by atoms with van der Waals surface area (Å²) in [4.78, 5) is 2.01. The minimum absolute atomic E-state index is 0.0108. The van der Waals surface area contributed by atoms with Crippen molar-refractivity contribution in [2.45, 2.75) is 25.6 Å². The molecule has 0 aliphatic rings. The zero-order valence-electron chi connectivity index (χ0n) is 15.9. The Kier molecular flexibility index (Phi) is 7.20. The van der Waals surface area contributed by atoms with E-state index in [1.165, 1.54) is 0 Å². The van der Waals surface area contributed by atoms with Crippen LogP contribution in [0.15, 0.2) is 48.5 Å². The number of nitrogens with one attached hydrogen (secondary N) is 1. The van der Waals surface area contributed by atoms with E-state index < -0.39 is 10.0 Å². The van der Waals surface area contributed by atoms with Crippen LogP contribution in [-0.2, 0) is 15.8 Å². The molecule has 0 aromatic heterocycles. The number of ether oxygens (including phenoxy) is 1. The smallest absolute Gasteiger partial charge is 0.215 e. The quantitative estimate of drug-likeness (QED) is 0.731. The van der Waals surface area contributed by atoms with Gasteiger partial charge in [-0.15, -0.1) is 0 Å². The molecule has 0 radical (unpaired) electrons. The first-order valence-corrected chi connectivity index (χ1v) is 10.4. The van der Waals surface area contributed by atoms with Gasteiger partial charge in [0.1, 0.15) is 5.75 Å². The predicted octanol–water partition coefficient (Wildman–Crippen LogP) is 3.12. The van der Waals surface area contributed by atoms with Crippen molar-refractivity contribution in [3.05, 3.63) is 65.2 Å². The molecule has 2 aromatic carbocycles. The summed E-state index contributed by atoms with van der Waals surface area (Å²) < 4.78 is 33.2. The maximum atomic E-state index is 12.5. The van der Waals surface area contributed by atoms with E-state index in [1.807, 2.05) is 81.4 Å². The zero-order valence-corrected chi connectivity index (χ0v) is 16.7. The number of nitrogens with zero attached hydrogens (tertiary/aromatic N) is 1. The average molecular weight is 377 g/mol. The molecule has 0 heterocycles. The molecule has 0 bridgehead atoms. The van der Waals surface area contributed by atoms with Gasteiger partial charge in [-0.25, -0.2) is 13.1 Å². The lowest BCUT2D eigenvalue weighted by molar-refractivity contribution is 0.298. The summed E-state index contributed by atoms with van der Waals surface area (Å²) in [5.41, 5.74) is 2.84. The highest BCUT2D eigenvalue weighted by atomic mass is 32.2. The van der Waals surface area contributed by atoms with Crippen molar-refractivity contribution in [3.63, 3.8) is 0 Å². The van der Waals surface area contributed by atoms with E-state index in [-0.39, 0.29) is 11.8 Å². The van der Waals surface area contributed by atoms with Gasteiger partial charge in [-0.2, -0.15) is 0 Å². The highest BCUT2D eigenvalue weighted by molar-refractivity contribution is 7.88. The van der Waals surface area contributed by atoms with E-state index in [2.05, 4.69) is 4.72 Å². The maximum Gasteiger partial charge on any atom is 0.215 e. The summed E-state index contributed by atoms with van der Waals surface area (Å²) in [7, 11) is 0.471. The average Bonchev–Trinajstić information content (AvgIpc) is 2.58. The van der Waals surface area contributed by atoms with Gasteiger partial charge in [-0.1, -0.05) is 36.4 Å². The Bertz CT molecular complexity index is 802. The van der Waals surface area contributed by atoms with Crippen LogP contribution in [0, 0.1) is 6.92 Å². The van der Waals surface area contributed by atoms with Gasteiger partial charge in [0.05, 0.1) is 12.4 Å². The Morgan fingerprint density at radius 1 is 1.08 bits per heavy atom. The zero-order chi connectivity index (χ0) is 19.2. The van der Waals surface area contributed by atoms with E-state index in [4.69, 9.17) is 4.74 Å². The van der Waals surface area contributed by atoms with E-state index in [0.717, 1.165) is 22.4 Å². The normalized spacial score (nSPS) is 13.0. The molecule has 0 amide bonds. The maximum absolute atomic E-state index is 12.5. The first-order valence-electron chi connectivity index (χ1n) is 8.73. The van der Waals surface area contributed by atoms with Crippen LogP contribution in [0.1, 0.15) is 29.7 Å². The molecule has 0 aliphatic heterocycles. The summed E-state index contributed by atoms with van der Waals surface area (Å²) in [6, 6.07) is 15.3. The van der Waals surface area contributed by atoms with Gasteiger partial charge in [-0.3, -0.25) is 0 Å². The van der Waals surface area contributed by atoms with E-state index >= 15 is 0 Å². The molecule has 5 nitrogen and oxygen atoms in total. The summed E-state index contributed by atoms with van der Waals surface area (Å²) in [6.45, 7) is 4.80. The fourth-order valence-electron chi connectivity index (χ4n) is 2.79. The minimum Gasteiger partial charge on any atom is -0.494 e. The van der Waals surface area contributed by atoms with Crippen molar-refractivity contribution in [2.24, 2.45) is 0 Å². The SMILES string of the molecule is CCOc1ccc(C(CNS(=O)(=O)Cc2ccccc2C)N(C)C)cc1. The summed E-state index contributed by atoms with van der Waals surface area (Å²) >= 11 is 0. The van der Waals surface area contributed by atoms with Crippen LogP contribution in [0.2, 0.25) is 0 Å². The number of aryl methyl sites for hydroxylation is 1. The van der Waals surface area contributed by atoms with Crippen LogP contribution in [0.5, 0.6) is 5.75 Å². The van der Waals surface area contributed by atoms with Crippen molar-refractivity contribution in [1.29, 1.82) is 0 Å². The van der Waals surface area contributed by atoms with E-state index in [9.17, 15) is 8.42 Å². The third-order valence-electron chi connectivity index (χ3n) is 4.30. The molecular weight excluding hydrogens is 348 g/mol. The van der Waals surface area contributed by atoms with Crippen LogP contribution in [0.25, 0.3) is 0 Å². The Morgan fingerprint density at radius 3 is 2.31 bits per heavy atom. The van der Waals surface area contributed by atoms with Crippen molar-refractivity contribution >= 4 is 10.0 Å². The minimum atomic E-state index is -3.41. The van der Waals surface area contributed by atoms with Crippen LogP contribution < -0.4 is 9.46 Å². The first kappa shape index (κ1) is 20.4. The predicted molar refractivity (Wildman–Crippen MR) is 106 cm³/mol. The lowest BCUT2D eigenvalue weighted by atomic mass is 10.1. The van der Waals surface area contributed by atoms with Gasteiger partial charge in [0.25, 0.3) is 0 Å². The number of rotatable bonds is 9. The highest BCUT2D eigenvalue weighted by Crippen LogP contribution is 2.21. The van der Waals surface area contributed by atoms with Crippen molar-refractivity contribution in [3.8, 4) is 5.75 Å². The fraction of sp³-hybridized carbons (Fsp3) is 0.400. The van der Waals surface area contributed by atoms with E-state index in [0.29, 0.717) is 13.2 Å². The molecule has 142 valence electrons. The number of hydrogen-bond donors (Lipinski definition) is 1. The third kappa shape index (κ3) is 5.83. The summed E-state index contributed by atoms with van der Waals surface area (Å²) in [6.07, 6.45) is 0. The fourth-order valence-corrected chi connectivity index (χ4v) is 4.03. The second kappa shape index (κ2) is 9.16. The molecule has 1 atom stereocenters. The Labute approximate surface area is 157 Å². The molecule has 0 saturated carbocycles. The molecule has 0 aliphatic carbocycles. The molecule has 26 heavy (non-hydrogen) atoms. The molecule has 2 aromatic rings. The topological polar surface area (TPSA) is 58.6 Å². The molecule has 2 rings (SSSR count). The number of benzene rings is 2. The Morgan fingerprint density at radius 2 is 1.73 bits per heavy atom.